The molecule has 2 aliphatic rings. The first-order valence-corrected chi connectivity index (χ1v) is 10.2. The van der Waals surface area contributed by atoms with Crippen LogP contribution in [-0.2, 0) is 0 Å². The molecule has 0 bridgehead atoms. The van der Waals surface area contributed by atoms with Gasteiger partial charge in [0.05, 0.1) is 18.4 Å². The second-order valence-electron chi connectivity index (χ2n) is 7.16. The van der Waals surface area contributed by atoms with Gasteiger partial charge >= 0.3 is 0 Å². The lowest BCUT2D eigenvalue weighted by Crippen LogP contribution is -2.33. The Labute approximate surface area is 175 Å². The van der Waals surface area contributed by atoms with Crippen molar-refractivity contribution in [2.75, 3.05) is 6.61 Å². The molecule has 29 heavy (non-hydrogen) atoms. The van der Waals surface area contributed by atoms with E-state index in [0.29, 0.717) is 11.6 Å². The molecule has 0 aromatic heterocycles. The number of rotatable bonds is 4. The first-order valence-electron chi connectivity index (χ1n) is 9.83. The molecule has 0 aliphatic carbocycles. The highest BCUT2D eigenvalue weighted by molar-refractivity contribution is 6.30. The summed E-state index contributed by atoms with van der Waals surface area (Å²) < 4.78 is 11.9. The molecule has 2 aliphatic heterocycles. The minimum Gasteiger partial charge on any atom is -0.494 e. The normalized spacial score (nSPS) is 19.8. The van der Waals surface area contributed by atoms with Crippen LogP contribution in [0.1, 0.15) is 42.3 Å². The van der Waals surface area contributed by atoms with Crippen LogP contribution in [0.5, 0.6) is 11.5 Å². The van der Waals surface area contributed by atoms with Gasteiger partial charge in [-0.05, 0) is 55.0 Å². The zero-order valence-corrected chi connectivity index (χ0v) is 16.8. The first kappa shape index (κ1) is 18.1. The van der Waals surface area contributed by atoms with Gasteiger partial charge in [-0.1, -0.05) is 41.9 Å². The Morgan fingerprint density at radius 1 is 1.03 bits per heavy atom. The molecule has 2 heterocycles. The maximum Gasteiger partial charge on any atom is 0.213 e. The summed E-state index contributed by atoms with van der Waals surface area (Å²) in [6, 6.07) is 24.3. The van der Waals surface area contributed by atoms with Gasteiger partial charge in [0, 0.05) is 22.6 Å². The molecule has 4 nitrogen and oxygen atoms in total. The third-order valence-corrected chi connectivity index (χ3v) is 5.60. The third kappa shape index (κ3) is 3.34. The van der Waals surface area contributed by atoms with Gasteiger partial charge in [-0.15, -0.1) is 0 Å². The Morgan fingerprint density at radius 3 is 2.55 bits per heavy atom. The van der Waals surface area contributed by atoms with Crippen molar-refractivity contribution in [2.45, 2.75) is 25.6 Å². The predicted octanol–water partition coefficient (Wildman–Crippen LogP) is 5.98. The lowest BCUT2D eigenvalue weighted by Gasteiger charge is -2.38. The zero-order chi connectivity index (χ0) is 19.8. The van der Waals surface area contributed by atoms with Crippen molar-refractivity contribution in [3.8, 4) is 11.5 Å². The van der Waals surface area contributed by atoms with Gasteiger partial charge in [-0.3, -0.25) is 0 Å². The van der Waals surface area contributed by atoms with E-state index in [1.54, 1.807) is 0 Å². The summed E-state index contributed by atoms with van der Waals surface area (Å²) in [5.74, 6) is 1.79. The summed E-state index contributed by atoms with van der Waals surface area (Å²) in [7, 11) is 0. The van der Waals surface area contributed by atoms with E-state index in [2.05, 4.69) is 29.3 Å². The van der Waals surface area contributed by atoms with Gasteiger partial charge in [0.25, 0.3) is 0 Å². The highest BCUT2D eigenvalue weighted by Crippen LogP contribution is 2.47. The fourth-order valence-corrected chi connectivity index (χ4v) is 4.09. The average Bonchev–Trinajstić information content (AvgIpc) is 3.20. The van der Waals surface area contributed by atoms with Gasteiger partial charge in [-0.2, -0.15) is 5.10 Å². The Balaban J connectivity index is 1.52. The highest BCUT2D eigenvalue weighted by Gasteiger charge is 2.40. The van der Waals surface area contributed by atoms with E-state index in [1.165, 1.54) is 5.56 Å². The lowest BCUT2D eigenvalue weighted by molar-refractivity contribution is -0.0190. The van der Waals surface area contributed by atoms with Crippen molar-refractivity contribution in [2.24, 2.45) is 5.10 Å². The molecule has 146 valence electrons. The number of hydrogen-bond acceptors (Lipinski definition) is 4. The van der Waals surface area contributed by atoms with E-state index in [4.69, 9.17) is 26.2 Å². The minimum atomic E-state index is -0.285. The number of hydrogen-bond donors (Lipinski definition) is 0. The Bertz CT molecular complexity index is 1050. The van der Waals surface area contributed by atoms with Crippen molar-refractivity contribution in [3.63, 3.8) is 0 Å². The van der Waals surface area contributed by atoms with Crippen LogP contribution in [0.2, 0.25) is 5.02 Å². The van der Waals surface area contributed by atoms with E-state index in [9.17, 15) is 0 Å². The van der Waals surface area contributed by atoms with Crippen LogP contribution >= 0.6 is 11.6 Å². The molecule has 0 fully saturated rings. The number of fused-ring (bicyclic) bond motifs is 3. The molecule has 2 atom stereocenters. The number of benzene rings is 3. The molecule has 3 aromatic rings. The molecular formula is C24H21ClN2O2. The quantitative estimate of drug-likeness (QED) is 0.536. The van der Waals surface area contributed by atoms with E-state index in [0.717, 1.165) is 34.8 Å². The molecule has 0 unspecified atom stereocenters. The average molecular weight is 405 g/mol. The molecule has 0 saturated heterocycles. The van der Waals surface area contributed by atoms with Crippen LogP contribution < -0.4 is 9.47 Å². The molecule has 0 saturated carbocycles. The Morgan fingerprint density at radius 2 is 1.79 bits per heavy atom. The summed E-state index contributed by atoms with van der Waals surface area (Å²) in [5.41, 5.74) is 4.36. The van der Waals surface area contributed by atoms with E-state index in [-0.39, 0.29) is 12.3 Å². The molecule has 5 heteroatoms. The van der Waals surface area contributed by atoms with Gasteiger partial charge in [0.2, 0.25) is 6.23 Å². The summed E-state index contributed by atoms with van der Waals surface area (Å²) in [5, 5.41) is 7.78. The van der Waals surface area contributed by atoms with Crippen molar-refractivity contribution in [3.05, 3.63) is 94.5 Å². The number of halogens is 1. The monoisotopic (exact) mass is 404 g/mol. The summed E-state index contributed by atoms with van der Waals surface area (Å²) in [6.45, 7) is 2.65. The van der Waals surface area contributed by atoms with Crippen LogP contribution in [0.25, 0.3) is 0 Å². The Kier molecular flexibility index (Phi) is 4.64. The topological polar surface area (TPSA) is 34.1 Å². The van der Waals surface area contributed by atoms with Gasteiger partial charge in [-0.25, -0.2) is 5.01 Å². The van der Waals surface area contributed by atoms with Gasteiger partial charge in [0.1, 0.15) is 11.5 Å². The van der Waals surface area contributed by atoms with Crippen LogP contribution in [0.3, 0.4) is 0 Å². The van der Waals surface area contributed by atoms with Crippen molar-refractivity contribution in [1.82, 2.24) is 5.01 Å². The molecule has 0 amide bonds. The SMILES string of the molecule is CCOc1ccc(C2=NN3[C@H](C2)c2ccccc2O[C@@H]3c2ccc(Cl)cc2)cc1. The fraction of sp³-hybridized carbons (Fsp3) is 0.208. The van der Waals surface area contributed by atoms with Crippen LogP contribution in [-0.4, -0.2) is 17.3 Å². The Hall–Kier alpha value is -2.98. The largest absolute Gasteiger partial charge is 0.494 e. The standard InChI is InChI=1S/C24H21ClN2O2/c1-2-28-19-13-9-16(10-14-19)21-15-22-20-5-3-4-6-23(20)29-24(27(22)26-21)17-7-11-18(25)12-8-17/h3-14,22,24H,2,15H2,1H3/t22-,24-/m1/s1. The number of ether oxygens (including phenoxy) is 2. The van der Waals surface area contributed by atoms with Crippen molar-refractivity contribution in [1.29, 1.82) is 0 Å². The maximum atomic E-state index is 6.36. The van der Waals surface area contributed by atoms with Gasteiger partial charge < -0.3 is 9.47 Å². The molecule has 0 radical (unpaired) electrons. The number of hydrazone groups is 1. The second kappa shape index (κ2) is 7.45. The highest BCUT2D eigenvalue weighted by atomic mass is 35.5. The summed E-state index contributed by atoms with van der Waals surface area (Å²) in [4.78, 5) is 0. The second-order valence-corrected chi connectivity index (χ2v) is 7.60. The van der Waals surface area contributed by atoms with Crippen LogP contribution in [0.4, 0.5) is 0 Å². The van der Waals surface area contributed by atoms with Crippen LogP contribution in [0.15, 0.2) is 77.9 Å². The smallest absolute Gasteiger partial charge is 0.213 e. The molecule has 0 N–H and O–H groups in total. The van der Waals surface area contributed by atoms with Crippen molar-refractivity contribution >= 4 is 17.3 Å². The van der Waals surface area contributed by atoms with Crippen LogP contribution in [0, 0.1) is 0 Å². The minimum absolute atomic E-state index is 0.141. The fourth-order valence-electron chi connectivity index (χ4n) is 3.97. The first-order chi connectivity index (χ1) is 14.2. The zero-order valence-electron chi connectivity index (χ0n) is 16.1. The maximum absolute atomic E-state index is 6.36. The van der Waals surface area contributed by atoms with E-state index < -0.39 is 0 Å². The summed E-state index contributed by atoms with van der Waals surface area (Å²) in [6.07, 6.45) is 0.547. The molecule has 0 spiro atoms. The van der Waals surface area contributed by atoms with E-state index >= 15 is 0 Å². The number of para-hydroxylation sites is 1. The number of nitrogens with zero attached hydrogens (tertiary/aromatic N) is 2. The van der Waals surface area contributed by atoms with Crippen molar-refractivity contribution < 1.29 is 9.47 Å². The molecule has 3 aromatic carbocycles. The predicted molar refractivity (Wildman–Crippen MR) is 115 cm³/mol. The molecular weight excluding hydrogens is 384 g/mol. The third-order valence-electron chi connectivity index (χ3n) is 5.35. The van der Waals surface area contributed by atoms with Gasteiger partial charge in [0.15, 0.2) is 0 Å². The lowest BCUT2D eigenvalue weighted by atomic mass is 9.96. The van der Waals surface area contributed by atoms with E-state index in [1.807, 2.05) is 55.5 Å². The molecule has 5 rings (SSSR count). The summed E-state index contributed by atoms with van der Waals surface area (Å²) >= 11 is 6.09.